The minimum atomic E-state index is -0.322. The summed E-state index contributed by atoms with van der Waals surface area (Å²) in [5.74, 6) is 0.159. The predicted octanol–water partition coefficient (Wildman–Crippen LogP) is 1.90. The summed E-state index contributed by atoms with van der Waals surface area (Å²) in [4.78, 5) is 19.3. The predicted molar refractivity (Wildman–Crippen MR) is 79.7 cm³/mol. The molecule has 0 saturated heterocycles. The zero-order valence-corrected chi connectivity index (χ0v) is 12.3. The first-order valence-corrected chi connectivity index (χ1v) is 6.94. The molecule has 0 radical (unpaired) electrons. The van der Waals surface area contributed by atoms with Crippen LogP contribution in [0.25, 0.3) is 11.0 Å². The maximum atomic E-state index is 13.1. The molecule has 0 unspecified atom stereocenters. The molecule has 0 atom stereocenters. The molecule has 1 amide bonds. The molecule has 0 bridgehead atoms. The van der Waals surface area contributed by atoms with Crippen LogP contribution < -0.4 is 5.32 Å². The fraction of sp³-hybridized carbons (Fsp3) is 0.267. The Balaban J connectivity index is 1.65. The van der Waals surface area contributed by atoms with Crippen molar-refractivity contribution in [3.8, 4) is 0 Å². The van der Waals surface area contributed by atoms with Crippen LogP contribution >= 0.6 is 0 Å². The first kappa shape index (κ1) is 14.2. The number of nitrogens with one attached hydrogen (secondary N) is 3. The number of imidazole rings is 1. The summed E-state index contributed by atoms with van der Waals surface area (Å²) in [6.07, 6.45) is 0.267. The van der Waals surface area contributed by atoms with Gasteiger partial charge in [-0.25, -0.2) is 9.37 Å². The van der Waals surface area contributed by atoms with E-state index >= 15 is 0 Å². The summed E-state index contributed by atoms with van der Waals surface area (Å²) < 4.78 is 13.1. The number of amides is 1. The van der Waals surface area contributed by atoms with Gasteiger partial charge in [-0.15, -0.1) is 0 Å². The van der Waals surface area contributed by atoms with Crippen molar-refractivity contribution in [1.29, 1.82) is 0 Å². The van der Waals surface area contributed by atoms with Gasteiger partial charge < -0.3 is 10.3 Å². The molecule has 0 aliphatic carbocycles. The monoisotopic (exact) mass is 301 g/mol. The molecule has 0 fully saturated rings. The van der Waals surface area contributed by atoms with Crippen molar-refractivity contribution in [1.82, 2.24) is 25.5 Å². The molecule has 22 heavy (non-hydrogen) atoms. The molecule has 114 valence electrons. The zero-order chi connectivity index (χ0) is 15.7. The van der Waals surface area contributed by atoms with Crippen LogP contribution in [-0.4, -0.2) is 26.1 Å². The number of nitrogens with zero attached hydrogens (tertiary/aromatic N) is 2. The van der Waals surface area contributed by atoms with Crippen molar-refractivity contribution >= 4 is 16.9 Å². The quantitative estimate of drug-likeness (QED) is 0.688. The van der Waals surface area contributed by atoms with E-state index in [-0.39, 0.29) is 24.7 Å². The number of carbonyl (C=O) groups excluding carboxylic acids is 1. The summed E-state index contributed by atoms with van der Waals surface area (Å²) in [5, 5.41) is 9.72. The van der Waals surface area contributed by atoms with E-state index in [1.165, 1.54) is 12.1 Å². The summed E-state index contributed by atoms with van der Waals surface area (Å²) in [5.41, 5.74) is 3.92. The van der Waals surface area contributed by atoms with E-state index in [0.29, 0.717) is 16.9 Å². The molecular formula is C15H16FN5O. The lowest BCUT2D eigenvalue weighted by Crippen LogP contribution is -2.25. The molecule has 0 spiro atoms. The lowest BCUT2D eigenvalue weighted by atomic mass is 10.1. The third-order valence-corrected chi connectivity index (χ3v) is 3.56. The summed E-state index contributed by atoms with van der Waals surface area (Å²) in [6.45, 7) is 4.02. The number of halogens is 1. The Kier molecular flexibility index (Phi) is 3.62. The number of hydrogen-bond acceptors (Lipinski definition) is 3. The van der Waals surface area contributed by atoms with Gasteiger partial charge in [0, 0.05) is 11.3 Å². The van der Waals surface area contributed by atoms with Crippen LogP contribution in [0.5, 0.6) is 0 Å². The Morgan fingerprint density at radius 3 is 2.91 bits per heavy atom. The van der Waals surface area contributed by atoms with Gasteiger partial charge in [0.15, 0.2) is 0 Å². The van der Waals surface area contributed by atoms with Crippen LogP contribution in [0.1, 0.15) is 22.8 Å². The summed E-state index contributed by atoms with van der Waals surface area (Å²) in [7, 11) is 0. The van der Waals surface area contributed by atoms with Crippen LogP contribution in [0.4, 0.5) is 4.39 Å². The van der Waals surface area contributed by atoms with E-state index in [0.717, 1.165) is 17.0 Å². The number of fused-ring (bicyclic) bond motifs is 1. The van der Waals surface area contributed by atoms with E-state index in [4.69, 9.17) is 0 Å². The number of rotatable bonds is 4. The molecule has 6 nitrogen and oxygen atoms in total. The molecule has 0 saturated carbocycles. The van der Waals surface area contributed by atoms with Gasteiger partial charge in [-0.1, -0.05) is 0 Å². The van der Waals surface area contributed by atoms with Gasteiger partial charge in [0.05, 0.1) is 29.7 Å². The lowest BCUT2D eigenvalue weighted by Gasteiger charge is -2.03. The Hall–Kier alpha value is -2.70. The number of carbonyl (C=O) groups is 1. The molecule has 3 rings (SSSR count). The molecule has 0 aliphatic rings. The van der Waals surface area contributed by atoms with Crippen molar-refractivity contribution < 1.29 is 9.18 Å². The Labute approximate surface area is 126 Å². The fourth-order valence-corrected chi connectivity index (χ4v) is 2.36. The molecule has 2 aromatic heterocycles. The topological polar surface area (TPSA) is 86.5 Å². The van der Waals surface area contributed by atoms with Crippen molar-refractivity contribution in [3.63, 3.8) is 0 Å². The Morgan fingerprint density at radius 2 is 2.18 bits per heavy atom. The largest absolute Gasteiger partial charge is 0.349 e. The first-order valence-electron chi connectivity index (χ1n) is 6.94. The number of hydrogen-bond donors (Lipinski definition) is 3. The van der Waals surface area contributed by atoms with E-state index in [2.05, 4.69) is 25.5 Å². The second-order valence-corrected chi connectivity index (χ2v) is 5.21. The number of aromatic amines is 2. The Morgan fingerprint density at radius 1 is 1.36 bits per heavy atom. The highest BCUT2D eigenvalue weighted by Gasteiger charge is 2.12. The number of aryl methyl sites for hydroxylation is 2. The minimum Gasteiger partial charge on any atom is -0.349 e. The highest BCUT2D eigenvalue weighted by Crippen LogP contribution is 2.13. The smallest absolute Gasteiger partial charge is 0.224 e. The van der Waals surface area contributed by atoms with Crippen LogP contribution in [-0.2, 0) is 17.8 Å². The van der Waals surface area contributed by atoms with Crippen LogP contribution in [0.3, 0.4) is 0 Å². The first-order chi connectivity index (χ1) is 10.5. The van der Waals surface area contributed by atoms with Crippen molar-refractivity contribution in [2.24, 2.45) is 0 Å². The molecular weight excluding hydrogens is 285 g/mol. The van der Waals surface area contributed by atoms with Gasteiger partial charge in [0.2, 0.25) is 5.91 Å². The SMILES string of the molecule is Cc1n[nH]c(C)c1CC(=O)NCc1nc2ccc(F)cc2[nH]1. The number of H-pyrrole nitrogens is 2. The molecule has 0 aliphatic heterocycles. The van der Waals surface area contributed by atoms with Crippen LogP contribution in [0, 0.1) is 19.7 Å². The second-order valence-electron chi connectivity index (χ2n) is 5.21. The van der Waals surface area contributed by atoms with Crippen molar-refractivity contribution in [3.05, 3.63) is 46.8 Å². The highest BCUT2D eigenvalue weighted by atomic mass is 19.1. The lowest BCUT2D eigenvalue weighted by molar-refractivity contribution is -0.120. The molecule has 3 N–H and O–H groups in total. The zero-order valence-electron chi connectivity index (χ0n) is 12.3. The Bertz CT molecular complexity index is 816. The average molecular weight is 301 g/mol. The maximum absolute atomic E-state index is 13.1. The third kappa shape index (κ3) is 2.83. The van der Waals surface area contributed by atoms with Crippen LogP contribution in [0.15, 0.2) is 18.2 Å². The van der Waals surface area contributed by atoms with E-state index in [1.54, 1.807) is 6.07 Å². The van der Waals surface area contributed by atoms with Crippen molar-refractivity contribution in [2.75, 3.05) is 0 Å². The normalized spacial score (nSPS) is 11.0. The molecule has 1 aromatic carbocycles. The molecule has 2 heterocycles. The summed E-state index contributed by atoms with van der Waals surface area (Å²) >= 11 is 0. The van der Waals surface area contributed by atoms with Gasteiger partial charge >= 0.3 is 0 Å². The van der Waals surface area contributed by atoms with Crippen LogP contribution in [0.2, 0.25) is 0 Å². The van der Waals surface area contributed by atoms with Crippen molar-refractivity contribution in [2.45, 2.75) is 26.8 Å². The summed E-state index contributed by atoms with van der Waals surface area (Å²) in [6, 6.07) is 4.34. The molecule has 7 heteroatoms. The molecule has 3 aromatic rings. The van der Waals surface area contributed by atoms with E-state index in [9.17, 15) is 9.18 Å². The van der Waals surface area contributed by atoms with E-state index in [1.807, 2.05) is 13.8 Å². The van der Waals surface area contributed by atoms with Gasteiger partial charge in [-0.3, -0.25) is 9.89 Å². The highest BCUT2D eigenvalue weighted by molar-refractivity contribution is 5.79. The standard InChI is InChI=1S/C15H16FN5O/c1-8-11(9(2)21-20-8)6-15(22)17-7-14-18-12-4-3-10(16)5-13(12)19-14/h3-5H,6-7H2,1-2H3,(H,17,22)(H,18,19)(H,20,21). The maximum Gasteiger partial charge on any atom is 0.224 e. The van der Waals surface area contributed by atoms with Gasteiger partial charge in [-0.05, 0) is 32.0 Å². The second kappa shape index (κ2) is 5.59. The van der Waals surface area contributed by atoms with Gasteiger partial charge in [0.1, 0.15) is 11.6 Å². The number of aromatic nitrogens is 4. The fourth-order valence-electron chi connectivity index (χ4n) is 2.36. The third-order valence-electron chi connectivity index (χ3n) is 3.56. The van der Waals surface area contributed by atoms with E-state index < -0.39 is 0 Å². The van der Waals surface area contributed by atoms with Gasteiger partial charge in [0.25, 0.3) is 0 Å². The minimum absolute atomic E-state index is 0.112. The van der Waals surface area contributed by atoms with Gasteiger partial charge in [-0.2, -0.15) is 5.10 Å². The average Bonchev–Trinajstić information content (AvgIpc) is 3.02. The number of benzene rings is 1.